The van der Waals surface area contributed by atoms with Crippen LogP contribution in [0.5, 0.6) is 0 Å². The van der Waals surface area contributed by atoms with Crippen molar-refractivity contribution in [1.82, 2.24) is 4.98 Å². The van der Waals surface area contributed by atoms with Crippen molar-refractivity contribution in [3.05, 3.63) is 63.9 Å². The molecule has 4 nitrogen and oxygen atoms in total. The summed E-state index contributed by atoms with van der Waals surface area (Å²) in [4.78, 5) is 17.4. The van der Waals surface area contributed by atoms with Gasteiger partial charge in [0.25, 0.3) is 5.91 Å². The minimum Gasteiger partial charge on any atom is -0.298 e. The van der Waals surface area contributed by atoms with Crippen molar-refractivity contribution in [2.75, 3.05) is 11.6 Å². The van der Waals surface area contributed by atoms with Gasteiger partial charge in [-0.3, -0.25) is 14.3 Å². The number of halogens is 1. The van der Waals surface area contributed by atoms with E-state index in [2.05, 4.69) is 26.2 Å². The first-order valence-electron chi connectivity index (χ1n) is 6.99. The predicted octanol–water partition coefficient (Wildman–Crippen LogP) is 4.56. The topological polar surface area (TPSA) is 59.1 Å². The Labute approximate surface area is 154 Å². The molecular weight excluding hydrogens is 408 g/mol. The van der Waals surface area contributed by atoms with E-state index < -0.39 is 10.8 Å². The number of nitrogens with one attached hydrogen (secondary N) is 1. The van der Waals surface area contributed by atoms with E-state index in [1.807, 2.05) is 29.6 Å². The zero-order valence-electron chi connectivity index (χ0n) is 12.7. The minimum atomic E-state index is -1.05. The summed E-state index contributed by atoms with van der Waals surface area (Å²) >= 11 is 4.81. The van der Waals surface area contributed by atoms with Gasteiger partial charge in [-0.2, -0.15) is 0 Å². The number of anilines is 1. The van der Waals surface area contributed by atoms with E-state index >= 15 is 0 Å². The van der Waals surface area contributed by atoms with Crippen molar-refractivity contribution in [3.63, 3.8) is 0 Å². The lowest BCUT2D eigenvalue weighted by atomic mass is 10.2. The summed E-state index contributed by atoms with van der Waals surface area (Å²) in [6.07, 6.45) is 1.61. The third kappa shape index (κ3) is 3.98. The Hall–Kier alpha value is -1.83. The molecule has 0 aliphatic heterocycles. The van der Waals surface area contributed by atoms with Crippen LogP contribution in [0.1, 0.15) is 10.4 Å². The van der Waals surface area contributed by atoms with Crippen LogP contribution in [0.4, 0.5) is 5.13 Å². The summed E-state index contributed by atoms with van der Waals surface area (Å²) in [5.74, 6) is -0.237. The Bertz CT molecular complexity index is 907. The standard InChI is InChI=1S/C17H13BrN2O2S2/c1-24(22)14-7-5-11(6-8-14)16(21)20-17-19-15(10-23-17)12-3-2-4-13(18)9-12/h2-10H,1H3,(H,19,20,21). The number of amides is 1. The highest BCUT2D eigenvalue weighted by Gasteiger charge is 2.10. The summed E-state index contributed by atoms with van der Waals surface area (Å²) in [5, 5.41) is 5.24. The maximum atomic E-state index is 12.3. The molecule has 1 atom stereocenters. The van der Waals surface area contributed by atoms with Crippen molar-refractivity contribution in [2.45, 2.75) is 4.90 Å². The van der Waals surface area contributed by atoms with Crippen molar-refractivity contribution in [2.24, 2.45) is 0 Å². The Kier molecular flexibility index (Phi) is 5.23. The van der Waals surface area contributed by atoms with Gasteiger partial charge < -0.3 is 0 Å². The number of carbonyl (C=O) groups excluding carboxylic acids is 1. The molecule has 24 heavy (non-hydrogen) atoms. The average molecular weight is 421 g/mol. The second kappa shape index (κ2) is 7.38. The fourth-order valence-corrected chi connectivity index (χ4v) is 3.71. The first-order chi connectivity index (χ1) is 11.5. The van der Waals surface area contributed by atoms with E-state index in [1.54, 1.807) is 30.5 Å². The molecule has 7 heteroatoms. The molecule has 0 radical (unpaired) electrons. The zero-order valence-corrected chi connectivity index (χ0v) is 15.9. The fraction of sp³-hybridized carbons (Fsp3) is 0.0588. The molecule has 0 aliphatic rings. The number of thiazole rings is 1. The summed E-state index contributed by atoms with van der Waals surface area (Å²) in [6.45, 7) is 0. The van der Waals surface area contributed by atoms with Gasteiger partial charge in [-0.25, -0.2) is 4.98 Å². The van der Waals surface area contributed by atoms with Gasteiger partial charge in [0.2, 0.25) is 0 Å². The Balaban J connectivity index is 1.74. The average Bonchev–Trinajstić information content (AvgIpc) is 3.03. The van der Waals surface area contributed by atoms with E-state index in [0.29, 0.717) is 15.6 Å². The number of aromatic nitrogens is 1. The number of hydrogen-bond donors (Lipinski definition) is 1. The molecule has 0 aliphatic carbocycles. The van der Waals surface area contributed by atoms with Crippen LogP contribution in [0.3, 0.4) is 0 Å². The van der Waals surface area contributed by atoms with Crippen molar-refractivity contribution >= 4 is 49.1 Å². The van der Waals surface area contributed by atoms with Crippen molar-refractivity contribution < 1.29 is 9.00 Å². The predicted molar refractivity (Wildman–Crippen MR) is 102 cm³/mol. The molecular formula is C17H13BrN2O2S2. The second-order valence-electron chi connectivity index (χ2n) is 4.98. The molecule has 0 fully saturated rings. The molecule has 0 saturated heterocycles. The fourth-order valence-electron chi connectivity index (χ4n) is 2.08. The molecule has 3 rings (SSSR count). The van der Waals surface area contributed by atoms with Crippen LogP contribution in [-0.2, 0) is 10.8 Å². The second-order valence-corrected chi connectivity index (χ2v) is 8.13. The van der Waals surface area contributed by atoms with Gasteiger partial charge in [0.15, 0.2) is 5.13 Å². The molecule has 1 amide bonds. The monoisotopic (exact) mass is 420 g/mol. The highest BCUT2D eigenvalue weighted by Crippen LogP contribution is 2.27. The van der Waals surface area contributed by atoms with Gasteiger partial charge in [0.1, 0.15) is 0 Å². The smallest absolute Gasteiger partial charge is 0.257 e. The quantitative estimate of drug-likeness (QED) is 0.672. The molecule has 1 unspecified atom stereocenters. The lowest BCUT2D eigenvalue weighted by Crippen LogP contribution is -2.11. The summed E-state index contributed by atoms with van der Waals surface area (Å²) in [5.41, 5.74) is 2.30. The molecule has 1 aromatic heterocycles. The maximum absolute atomic E-state index is 12.3. The van der Waals surface area contributed by atoms with E-state index in [-0.39, 0.29) is 5.91 Å². The molecule has 0 saturated carbocycles. The van der Waals surface area contributed by atoms with Crippen LogP contribution in [0.25, 0.3) is 11.3 Å². The lowest BCUT2D eigenvalue weighted by molar-refractivity contribution is 0.102. The Morgan fingerprint density at radius 2 is 1.96 bits per heavy atom. The van der Waals surface area contributed by atoms with Crippen LogP contribution < -0.4 is 5.32 Å². The van der Waals surface area contributed by atoms with Crippen LogP contribution >= 0.6 is 27.3 Å². The maximum Gasteiger partial charge on any atom is 0.257 e. The molecule has 0 bridgehead atoms. The number of benzene rings is 2. The molecule has 0 spiro atoms. The number of carbonyl (C=O) groups is 1. The summed E-state index contributed by atoms with van der Waals surface area (Å²) in [6, 6.07) is 14.5. The van der Waals surface area contributed by atoms with Gasteiger partial charge >= 0.3 is 0 Å². The third-order valence-electron chi connectivity index (χ3n) is 3.29. The van der Waals surface area contributed by atoms with Crippen molar-refractivity contribution in [3.8, 4) is 11.3 Å². The van der Waals surface area contributed by atoms with Crippen molar-refractivity contribution in [1.29, 1.82) is 0 Å². The summed E-state index contributed by atoms with van der Waals surface area (Å²) < 4.78 is 12.4. The molecule has 2 aromatic carbocycles. The first-order valence-corrected chi connectivity index (χ1v) is 10.2. The van der Waals surface area contributed by atoms with E-state index in [0.717, 1.165) is 15.7 Å². The zero-order chi connectivity index (χ0) is 17.1. The number of nitrogens with zero attached hydrogens (tertiary/aromatic N) is 1. The highest BCUT2D eigenvalue weighted by molar-refractivity contribution is 9.10. The van der Waals surface area contributed by atoms with Gasteiger partial charge in [-0.05, 0) is 36.4 Å². The first kappa shape index (κ1) is 17.0. The van der Waals surface area contributed by atoms with Crippen LogP contribution in [0, 0.1) is 0 Å². The van der Waals surface area contributed by atoms with E-state index in [9.17, 15) is 9.00 Å². The van der Waals surface area contributed by atoms with Gasteiger partial charge in [-0.15, -0.1) is 11.3 Å². The molecule has 3 aromatic rings. The largest absolute Gasteiger partial charge is 0.298 e. The van der Waals surface area contributed by atoms with Crippen LogP contribution in [-0.4, -0.2) is 21.4 Å². The normalized spacial score (nSPS) is 11.9. The molecule has 1 N–H and O–H groups in total. The molecule has 122 valence electrons. The lowest BCUT2D eigenvalue weighted by Gasteiger charge is -2.03. The van der Waals surface area contributed by atoms with E-state index in [1.165, 1.54) is 11.3 Å². The minimum absolute atomic E-state index is 0.237. The molecule has 1 heterocycles. The van der Waals surface area contributed by atoms with Gasteiger partial charge in [0, 0.05) is 42.9 Å². The van der Waals surface area contributed by atoms with Gasteiger partial charge in [-0.1, -0.05) is 28.1 Å². The number of rotatable bonds is 4. The van der Waals surface area contributed by atoms with Crippen LogP contribution in [0.15, 0.2) is 63.3 Å². The third-order valence-corrected chi connectivity index (χ3v) is 5.48. The van der Waals surface area contributed by atoms with Gasteiger partial charge in [0.05, 0.1) is 5.69 Å². The van der Waals surface area contributed by atoms with E-state index in [4.69, 9.17) is 0 Å². The summed E-state index contributed by atoms with van der Waals surface area (Å²) in [7, 11) is -1.05. The number of hydrogen-bond acceptors (Lipinski definition) is 4. The highest BCUT2D eigenvalue weighted by atomic mass is 79.9. The Morgan fingerprint density at radius 1 is 1.21 bits per heavy atom. The van der Waals surface area contributed by atoms with Crippen LogP contribution in [0.2, 0.25) is 0 Å². The SMILES string of the molecule is CS(=O)c1ccc(C(=O)Nc2nc(-c3cccc(Br)c3)cs2)cc1. The Morgan fingerprint density at radius 3 is 2.62 bits per heavy atom.